The molecular weight excluding hydrogens is 296 g/mol. The lowest BCUT2D eigenvalue weighted by molar-refractivity contribution is -0.137. The SMILES string of the molecule is CC1=C(CCC(=O)O)[C@@]2(C)CCCC(C)(C)[C@@H]2[C@@H]2OC(=O)O[C@H]12. The molecule has 0 aromatic carbocycles. The monoisotopic (exact) mass is 322 g/mol. The summed E-state index contributed by atoms with van der Waals surface area (Å²) in [5.74, 6) is -0.630. The van der Waals surface area contributed by atoms with Crippen LogP contribution >= 0.6 is 0 Å². The van der Waals surface area contributed by atoms with E-state index in [2.05, 4.69) is 20.8 Å². The number of carboxylic acid groups (broad SMARTS) is 1. The Balaban J connectivity index is 2.08. The van der Waals surface area contributed by atoms with Crippen LogP contribution < -0.4 is 0 Å². The molecule has 128 valence electrons. The van der Waals surface area contributed by atoms with Crippen LogP contribution in [0.1, 0.15) is 59.8 Å². The van der Waals surface area contributed by atoms with Crippen LogP contribution in [0.5, 0.6) is 0 Å². The van der Waals surface area contributed by atoms with Crippen molar-refractivity contribution in [3.63, 3.8) is 0 Å². The molecule has 2 fully saturated rings. The average molecular weight is 322 g/mol. The maximum absolute atomic E-state index is 11.8. The van der Waals surface area contributed by atoms with Crippen molar-refractivity contribution in [2.45, 2.75) is 72.0 Å². The highest BCUT2D eigenvalue weighted by Crippen LogP contribution is 2.62. The Labute approximate surface area is 137 Å². The number of hydrogen-bond donors (Lipinski definition) is 1. The molecule has 0 aromatic heterocycles. The number of ether oxygens (including phenoxy) is 2. The van der Waals surface area contributed by atoms with Crippen LogP contribution in [0.3, 0.4) is 0 Å². The van der Waals surface area contributed by atoms with Crippen molar-refractivity contribution >= 4 is 12.1 Å². The van der Waals surface area contributed by atoms with Crippen LogP contribution in [0.15, 0.2) is 11.1 Å². The molecule has 2 aliphatic carbocycles. The number of carbonyl (C=O) groups excluding carboxylic acids is 1. The number of carbonyl (C=O) groups is 2. The number of aliphatic carboxylic acids is 1. The second-order valence-electron chi connectivity index (χ2n) is 8.16. The third-order valence-corrected chi connectivity index (χ3v) is 6.31. The molecule has 0 bridgehead atoms. The van der Waals surface area contributed by atoms with Crippen molar-refractivity contribution in [2.75, 3.05) is 0 Å². The van der Waals surface area contributed by atoms with Crippen LogP contribution in [0.25, 0.3) is 0 Å². The van der Waals surface area contributed by atoms with Crippen molar-refractivity contribution < 1.29 is 24.2 Å². The van der Waals surface area contributed by atoms with Gasteiger partial charge < -0.3 is 14.6 Å². The lowest BCUT2D eigenvalue weighted by Gasteiger charge is -2.57. The van der Waals surface area contributed by atoms with E-state index < -0.39 is 12.1 Å². The van der Waals surface area contributed by atoms with E-state index in [4.69, 9.17) is 14.6 Å². The normalized spacial score (nSPS) is 38.4. The summed E-state index contributed by atoms with van der Waals surface area (Å²) in [5.41, 5.74) is 2.06. The van der Waals surface area contributed by atoms with Gasteiger partial charge in [0, 0.05) is 12.3 Å². The predicted molar refractivity (Wildman–Crippen MR) is 83.9 cm³/mol. The second-order valence-corrected chi connectivity index (χ2v) is 8.16. The van der Waals surface area contributed by atoms with Crippen molar-refractivity contribution in [1.29, 1.82) is 0 Å². The summed E-state index contributed by atoms with van der Waals surface area (Å²) in [7, 11) is 0. The smallest absolute Gasteiger partial charge is 0.481 e. The zero-order chi connectivity index (χ0) is 17.0. The summed E-state index contributed by atoms with van der Waals surface area (Å²) in [5, 5.41) is 9.11. The van der Waals surface area contributed by atoms with E-state index in [9.17, 15) is 9.59 Å². The van der Waals surface area contributed by atoms with E-state index in [0.717, 1.165) is 30.4 Å². The van der Waals surface area contributed by atoms with E-state index in [1.165, 1.54) is 0 Å². The zero-order valence-electron chi connectivity index (χ0n) is 14.3. The lowest BCUT2D eigenvalue weighted by Crippen LogP contribution is -2.55. The van der Waals surface area contributed by atoms with Crippen molar-refractivity contribution in [1.82, 2.24) is 0 Å². The summed E-state index contributed by atoms with van der Waals surface area (Å²) in [6, 6.07) is 0. The maximum atomic E-state index is 11.8. The fourth-order valence-corrected chi connectivity index (χ4v) is 5.52. The largest absolute Gasteiger partial charge is 0.509 e. The molecule has 5 heteroatoms. The molecule has 1 saturated carbocycles. The first-order valence-corrected chi connectivity index (χ1v) is 8.46. The summed E-state index contributed by atoms with van der Waals surface area (Å²) < 4.78 is 11.0. The highest BCUT2D eigenvalue weighted by Gasteiger charge is 2.61. The van der Waals surface area contributed by atoms with E-state index >= 15 is 0 Å². The van der Waals surface area contributed by atoms with Gasteiger partial charge in [-0.05, 0) is 42.6 Å². The third kappa shape index (κ3) is 2.45. The molecule has 1 aliphatic heterocycles. The van der Waals surface area contributed by atoms with Crippen molar-refractivity contribution in [2.24, 2.45) is 16.7 Å². The molecule has 0 spiro atoms. The van der Waals surface area contributed by atoms with E-state index in [1.54, 1.807) is 0 Å². The van der Waals surface area contributed by atoms with Gasteiger partial charge in [0.15, 0.2) is 12.2 Å². The molecule has 0 unspecified atom stereocenters. The molecule has 1 N–H and O–H groups in total. The van der Waals surface area contributed by atoms with Gasteiger partial charge in [-0.25, -0.2) is 4.79 Å². The van der Waals surface area contributed by atoms with Crippen LogP contribution in [0.2, 0.25) is 0 Å². The molecule has 23 heavy (non-hydrogen) atoms. The van der Waals surface area contributed by atoms with Crippen LogP contribution in [-0.4, -0.2) is 29.4 Å². The minimum Gasteiger partial charge on any atom is -0.481 e. The maximum Gasteiger partial charge on any atom is 0.509 e. The van der Waals surface area contributed by atoms with Gasteiger partial charge in [-0.15, -0.1) is 0 Å². The minimum absolute atomic E-state index is 0.0269. The number of fused-ring (bicyclic) bond motifs is 3. The summed E-state index contributed by atoms with van der Waals surface area (Å²) in [6.45, 7) is 8.66. The molecule has 0 radical (unpaired) electrons. The Morgan fingerprint density at radius 1 is 1.26 bits per heavy atom. The van der Waals surface area contributed by atoms with Gasteiger partial charge >= 0.3 is 12.1 Å². The summed E-state index contributed by atoms with van der Waals surface area (Å²) in [6.07, 6.45) is 2.62. The number of carboxylic acids is 1. The summed E-state index contributed by atoms with van der Waals surface area (Å²) >= 11 is 0. The van der Waals surface area contributed by atoms with Gasteiger partial charge in [0.1, 0.15) is 0 Å². The molecule has 3 rings (SSSR count). The van der Waals surface area contributed by atoms with Gasteiger partial charge in [0.25, 0.3) is 0 Å². The standard InChI is InChI=1S/C18H26O5/c1-10-11(6-7-12(19)20)18(4)9-5-8-17(2,3)15(18)14-13(10)22-16(21)23-14/h13-15H,5-9H2,1-4H3,(H,19,20)/t13-,14-,15+,18-/m1/s1. The number of allylic oxidation sites excluding steroid dienone is 1. The Morgan fingerprint density at radius 3 is 2.61 bits per heavy atom. The molecule has 1 heterocycles. The molecule has 0 amide bonds. The van der Waals surface area contributed by atoms with Crippen molar-refractivity contribution in [3.8, 4) is 0 Å². The lowest BCUT2D eigenvalue weighted by atomic mass is 9.48. The Hall–Kier alpha value is -1.52. The molecule has 0 aromatic rings. The first-order valence-electron chi connectivity index (χ1n) is 8.46. The van der Waals surface area contributed by atoms with Crippen LogP contribution in [0.4, 0.5) is 4.79 Å². The zero-order valence-corrected chi connectivity index (χ0v) is 14.3. The highest BCUT2D eigenvalue weighted by atomic mass is 16.8. The Morgan fingerprint density at radius 2 is 1.96 bits per heavy atom. The van der Waals surface area contributed by atoms with Crippen LogP contribution in [0, 0.1) is 16.7 Å². The first-order chi connectivity index (χ1) is 10.7. The topological polar surface area (TPSA) is 72.8 Å². The fraction of sp³-hybridized carbons (Fsp3) is 0.778. The van der Waals surface area contributed by atoms with E-state index in [-0.39, 0.29) is 35.4 Å². The third-order valence-electron chi connectivity index (χ3n) is 6.31. The number of rotatable bonds is 3. The first kappa shape index (κ1) is 16.3. The molecule has 4 atom stereocenters. The van der Waals surface area contributed by atoms with Crippen LogP contribution in [-0.2, 0) is 14.3 Å². The Kier molecular flexibility index (Phi) is 3.73. The summed E-state index contributed by atoms with van der Waals surface area (Å²) in [4.78, 5) is 22.8. The Bertz CT molecular complexity index is 576. The van der Waals surface area contributed by atoms with Crippen molar-refractivity contribution in [3.05, 3.63) is 11.1 Å². The van der Waals surface area contributed by atoms with E-state index in [1.807, 2.05) is 6.92 Å². The molecule has 1 saturated heterocycles. The highest BCUT2D eigenvalue weighted by molar-refractivity contribution is 5.67. The predicted octanol–water partition coefficient (Wildman–Crippen LogP) is 3.92. The molecule has 3 aliphatic rings. The molecule has 5 nitrogen and oxygen atoms in total. The molecular formula is C18H26O5. The van der Waals surface area contributed by atoms with Gasteiger partial charge in [0.2, 0.25) is 0 Å². The van der Waals surface area contributed by atoms with Gasteiger partial charge in [-0.2, -0.15) is 0 Å². The average Bonchev–Trinajstić information content (AvgIpc) is 2.78. The number of hydrogen-bond acceptors (Lipinski definition) is 4. The minimum atomic E-state index is -0.790. The van der Waals surface area contributed by atoms with E-state index in [0.29, 0.717) is 6.42 Å². The quantitative estimate of drug-likeness (QED) is 0.630. The van der Waals surface area contributed by atoms with Gasteiger partial charge in [0.05, 0.1) is 0 Å². The van der Waals surface area contributed by atoms with Gasteiger partial charge in [-0.1, -0.05) is 32.8 Å². The second kappa shape index (κ2) is 5.25. The fourth-order valence-electron chi connectivity index (χ4n) is 5.52. The van der Waals surface area contributed by atoms with Gasteiger partial charge in [-0.3, -0.25) is 4.79 Å².